The zero-order chi connectivity index (χ0) is 9.78. The molecule has 1 unspecified atom stereocenters. The molecule has 0 aromatic heterocycles. The minimum absolute atomic E-state index is 0.0319. The maximum atomic E-state index is 10.8. The van der Waals surface area contributed by atoms with E-state index in [9.17, 15) is 4.79 Å². The molecule has 0 amide bonds. The molecule has 12 heavy (non-hydrogen) atoms. The summed E-state index contributed by atoms with van der Waals surface area (Å²) in [6.45, 7) is 11.6. The van der Waals surface area contributed by atoms with E-state index in [0.717, 1.165) is 6.42 Å². The summed E-state index contributed by atoms with van der Waals surface area (Å²) in [7, 11) is 0. The largest absolute Gasteiger partial charge is 0.460 e. The third kappa shape index (κ3) is 5.96. The second-order valence-corrected chi connectivity index (χ2v) is 4.22. The molecule has 2 nitrogen and oxygen atoms in total. The Labute approximate surface area is 74.6 Å². The summed E-state index contributed by atoms with van der Waals surface area (Å²) in [6, 6.07) is 0. The van der Waals surface area contributed by atoms with Gasteiger partial charge in [-0.05, 0) is 18.8 Å². The van der Waals surface area contributed by atoms with Gasteiger partial charge in [0.2, 0.25) is 0 Å². The molecule has 0 aliphatic rings. The molecule has 0 saturated carbocycles. The van der Waals surface area contributed by atoms with Gasteiger partial charge in [-0.3, -0.25) is 0 Å². The third-order valence-corrected chi connectivity index (χ3v) is 1.38. The Bertz CT molecular complexity index is 165. The highest BCUT2D eigenvalue weighted by Gasteiger charge is 2.17. The monoisotopic (exact) mass is 170 g/mol. The van der Waals surface area contributed by atoms with E-state index < -0.39 is 0 Å². The molecule has 0 N–H and O–H groups in total. The van der Waals surface area contributed by atoms with Gasteiger partial charge in [0.15, 0.2) is 0 Å². The van der Waals surface area contributed by atoms with E-state index in [1.54, 1.807) is 0 Å². The number of hydrogen-bond donors (Lipinski definition) is 0. The summed E-state index contributed by atoms with van der Waals surface area (Å²) < 4.78 is 5.02. The zero-order valence-corrected chi connectivity index (χ0v) is 8.39. The molecule has 0 rings (SSSR count). The number of rotatable bonds is 3. The molecule has 0 heterocycles. The highest BCUT2D eigenvalue weighted by atomic mass is 16.5. The normalized spacial score (nSPS) is 13.7. The van der Waals surface area contributed by atoms with E-state index in [1.165, 1.54) is 6.08 Å². The van der Waals surface area contributed by atoms with Crippen LogP contribution in [0.25, 0.3) is 0 Å². The summed E-state index contributed by atoms with van der Waals surface area (Å²) in [5.74, 6) is -0.341. The van der Waals surface area contributed by atoms with Crippen molar-refractivity contribution < 1.29 is 9.53 Å². The van der Waals surface area contributed by atoms with Crippen molar-refractivity contribution in [3.63, 3.8) is 0 Å². The smallest absolute Gasteiger partial charge is 0.330 e. The number of ether oxygens (including phenoxy) is 1. The molecule has 0 aromatic carbocycles. The average Bonchev–Trinajstić information content (AvgIpc) is 1.82. The van der Waals surface area contributed by atoms with E-state index in [4.69, 9.17) is 4.74 Å². The molecule has 0 spiro atoms. The minimum Gasteiger partial charge on any atom is -0.460 e. The Kier molecular flexibility index (Phi) is 4.01. The van der Waals surface area contributed by atoms with Crippen molar-refractivity contribution in [2.45, 2.75) is 40.2 Å². The summed E-state index contributed by atoms with van der Waals surface area (Å²) in [6.07, 6.45) is 2.03. The molecule has 0 aliphatic heterocycles. The van der Waals surface area contributed by atoms with Gasteiger partial charge < -0.3 is 4.74 Å². The van der Waals surface area contributed by atoms with Gasteiger partial charge in [-0.2, -0.15) is 0 Å². The number of carbonyl (C=O) groups is 1. The highest BCUT2D eigenvalue weighted by Crippen LogP contribution is 2.21. The molecule has 0 radical (unpaired) electrons. The topological polar surface area (TPSA) is 26.3 Å². The van der Waals surface area contributed by atoms with Gasteiger partial charge in [0.25, 0.3) is 0 Å². The lowest BCUT2D eigenvalue weighted by atomic mass is 9.90. The van der Waals surface area contributed by atoms with Crippen molar-refractivity contribution in [1.82, 2.24) is 0 Å². The summed E-state index contributed by atoms with van der Waals surface area (Å²) in [5, 5.41) is 0. The Hall–Kier alpha value is -0.790. The van der Waals surface area contributed by atoms with Crippen molar-refractivity contribution in [2.24, 2.45) is 5.41 Å². The van der Waals surface area contributed by atoms with Crippen LogP contribution < -0.4 is 0 Å². The highest BCUT2D eigenvalue weighted by molar-refractivity contribution is 5.81. The number of carbonyl (C=O) groups excluding carboxylic acids is 1. The van der Waals surface area contributed by atoms with Crippen molar-refractivity contribution in [1.29, 1.82) is 0 Å². The molecule has 0 saturated heterocycles. The van der Waals surface area contributed by atoms with Crippen LogP contribution in [-0.4, -0.2) is 12.1 Å². The van der Waals surface area contributed by atoms with Crippen LogP contribution in [0.15, 0.2) is 12.7 Å². The first-order valence-corrected chi connectivity index (χ1v) is 4.18. The average molecular weight is 170 g/mol. The van der Waals surface area contributed by atoms with E-state index in [2.05, 4.69) is 27.4 Å². The van der Waals surface area contributed by atoms with Gasteiger partial charge >= 0.3 is 5.97 Å². The predicted molar refractivity (Wildman–Crippen MR) is 49.8 cm³/mol. The van der Waals surface area contributed by atoms with Crippen LogP contribution in [0, 0.1) is 5.41 Å². The summed E-state index contributed by atoms with van der Waals surface area (Å²) >= 11 is 0. The second-order valence-electron chi connectivity index (χ2n) is 4.22. The Morgan fingerprint density at radius 3 is 2.42 bits per heavy atom. The zero-order valence-electron chi connectivity index (χ0n) is 8.39. The van der Waals surface area contributed by atoms with E-state index >= 15 is 0 Å². The lowest BCUT2D eigenvalue weighted by molar-refractivity contribution is -0.143. The third-order valence-electron chi connectivity index (χ3n) is 1.38. The molecule has 0 aromatic rings. The first-order valence-electron chi connectivity index (χ1n) is 4.18. The van der Waals surface area contributed by atoms with Crippen LogP contribution in [0.2, 0.25) is 0 Å². The minimum atomic E-state index is -0.341. The van der Waals surface area contributed by atoms with Crippen LogP contribution in [0.1, 0.15) is 34.1 Å². The van der Waals surface area contributed by atoms with Crippen LogP contribution in [0.4, 0.5) is 0 Å². The summed E-state index contributed by atoms with van der Waals surface area (Å²) in [4.78, 5) is 10.8. The van der Waals surface area contributed by atoms with Gasteiger partial charge in [-0.15, -0.1) is 0 Å². The lowest BCUT2D eigenvalue weighted by Crippen LogP contribution is -2.20. The molecule has 0 fully saturated rings. The first kappa shape index (κ1) is 11.2. The molecule has 0 bridgehead atoms. The molecule has 1 atom stereocenters. The standard InChI is InChI=1S/C10H18O2/c1-6-9(11)12-8(2)7-10(3,4)5/h6,8H,1,7H2,2-5H3. The van der Waals surface area contributed by atoms with Gasteiger partial charge in [-0.1, -0.05) is 27.4 Å². The fourth-order valence-electron chi connectivity index (χ4n) is 1.15. The maximum absolute atomic E-state index is 10.8. The molecular formula is C10H18O2. The maximum Gasteiger partial charge on any atom is 0.330 e. The van der Waals surface area contributed by atoms with E-state index in [0.29, 0.717) is 0 Å². The quantitative estimate of drug-likeness (QED) is 0.480. The molecular weight excluding hydrogens is 152 g/mol. The van der Waals surface area contributed by atoms with Gasteiger partial charge in [0.05, 0.1) is 6.10 Å². The Balaban J connectivity index is 3.82. The SMILES string of the molecule is C=CC(=O)OC(C)CC(C)(C)C. The van der Waals surface area contributed by atoms with Crippen molar-refractivity contribution >= 4 is 5.97 Å². The predicted octanol–water partition coefficient (Wildman–Crippen LogP) is 2.54. The fraction of sp³-hybridized carbons (Fsp3) is 0.700. The van der Waals surface area contributed by atoms with Crippen molar-refractivity contribution in [2.75, 3.05) is 0 Å². The number of hydrogen-bond acceptors (Lipinski definition) is 2. The molecule has 2 heteroatoms. The molecule has 70 valence electrons. The Morgan fingerprint density at radius 2 is 2.08 bits per heavy atom. The fourth-order valence-corrected chi connectivity index (χ4v) is 1.15. The van der Waals surface area contributed by atoms with Gasteiger partial charge in [0.1, 0.15) is 0 Å². The van der Waals surface area contributed by atoms with Crippen molar-refractivity contribution in [3.05, 3.63) is 12.7 Å². The lowest BCUT2D eigenvalue weighted by Gasteiger charge is -2.22. The molecule has 0 aliphatic carbocycles. The van der Waals surface area contributed by atoms with Crippen LogP contribution in [0.3, 0.4) is 0 Å². The second kappa shape index (κ2) is 4.29. The van der Waals surface area contributed by atoms with Crippen LogP contribution in [0.5, 0.6) is 0 Å². The van der Waals surface area contributed by atoms with Crippen molar-refractivity contribution in [3.8, 4) is 0 Å². The van der Waals surface area contributed by atoms with Gasteiger partial charge in [-0.25, -0.2) is 4.79 Å². The Morgan fingerprint density at radius 1 is 1.58 bits per heavy atom. The van der Waals surface area contributed by atoms with E-state index in [-0.39, 0.29) is 17.5 Å². The summed E-state index contributed by atoms with van der Waals surface area (Å²) in [5.41, 5.74) is 0.195. The van der Waals surface area contributed by atoms with E-state index in [1.807, 2.05) is 6.92 Å². The van der Waals surface area contributed by atoms with Crippen LogP contribution in [-0.2, 0) is 9.53 Å². The van der Waals surface area contributed by atoms with Crippen LogP contribution >= 0.6 is 0 Å². The van der Waals surface area contributed by atoms with Gasteiger partial charge in [0, 0.05) is 6.08 Å². The first-order chi connectivity index (χ1) is 5.35. The number of esters is 1.